The Morgan fingerprint density at radius 3 is 2.81 bits per heavy atom. The number of hydrogen-bond donors (Lipinski definition) is 1. The van der Waals surface area contributed by atoms with Crippen LogP contribution in [0, 0.1) is 5.41 Å². The van der Waals surface area contributed by atoms with Crippen molar-refractivity contribution in [2.24, 2.45) is 5.41 Å². The fourth-order valence-corrected chi connectivity index (χ4v) is 1.11. The molecule has 0 amide bonds. The van der Waals surface area contributed by atoms with Gasteiger partial charge in [-0.2, -0.15) is 0 Å². The first kappa shape index (κ1) is 12.6. The van der Waals surface area contributed by atoms with Gasteiger partial charge in [-0.3, -0.25) is 9.78 Å². The molecule has 1 aromatic rings. The number of hydrogen-bond acceptors (Lipinski definition) is 3. The van der Waals surface area contributed by atoms with Crippen LogP contribution in [0.1, 0.15) is 19.5 Å². The van der Waals surface area contributed by atoms with Crippen molar-refractivity contribution in [3.63, 3.8) is 0 Å². The monoisotopic (exact) mass is 223 g/mol. The van der Waals surface area contributed by atoms with Crippen molar-refractivity contribution >= 4 is 5.97 Å². The lowest BCUT2D eigenvalue weighted by molar-refractivity contribution is -0.150. The topological polar surface area (TPSA) is 59.4 Å². The summed E-state index contributed by atoms with van der Waals surface area (Å²) >= 11 is 0. The van der Waals surface area contributed by atoms with E-state index in [0.29, 0.717) is 13.0 Å². The van der Waals surface area contributed by atoms with Gasteiger partial charge in [0, 0.05) is 18.3 Å². The van der Waals surface area contributed by atoms with E-state index in [1.807, 2.05) is 18.2 Å². The number of carbonyl (C=O) groups is 1. The van der Waals surface area contributed by atoms with E-state index in [1.165, 1.54) is 0 Å². The van der Waals surface area contributed by atoms with Crippen LogP contribution in [0.5, 0.6) is 0 Å². The molecular weight excluding hydrogens is 206 g/mol. The quantitative estimate of drug-likeness (QED) is 0.746. The number of rotatable bonds is 6. The smallest absolute Gasteiger partial charge is 0.311 e. The molecule has 0 fully saturated rings. The third-order valence-corrected chi connectivity index (χ3v) is 2.27. The number of pyridine rings is 1. The Morgan fingerprint density at radius 1 is 1.50 bits per heavy atom. The highest BCUT2D eigenvalue weighted by Crippen LogP contribution is 2.15. The molecule has 88 valence electrons. The summed E-state index contributed by atoms with van der Waals surface area (Å²) in [6, 6.07) is 5.70. The first-order chi connectivity index (χ1) is 7.52. The minimum absolute atomic E-state index is 0.217. The van der Waals surface area contributed by atoms with Gasteiger partial charge in [-0.15, -0.1) is 0 Å². The molecule has 0 unspecified atom stereocenters. The molecule has 0 atom stereocenters. The van der Waals surface area contributed by atoms with Crippen LogP contribution in [0.2, 0.25) is 0 Å². The number of aromatic nitrogens is 1. The molecule has 1 heterocycles. The zero-order valence-corrected chi connectivity index (χ0v) is 9.64. The summed E-state index contributed by atoms with van der Waals surface area (Å²) in [7, 11) is 0. The van der Waals surface area contributed by atoms with E-state index in [-0.39, 0.29) is 6.61 Å². The molecule has 0 aromatic carbocycles. The average Bonchev–Trinajstić information content (AvgIpc) is 2.26. The van der Waals surface area contributed by atoms with Crippen LogP contribution < -0.4 is 0 Å². The second-order valence-electron chi connectivity index (χ2n) is 4.31. The number of carboxylic acid groups (broad SMARTS) is 1. The van der Waals surface area contributed by atoms with Crippen LogP contribution in [0.25, 0.3) is 0 Å². The van der Waals surface area contributed by atoms with Crippen molar-refractivity contribution in [2.75, 3.05) is 13.2 Å². The highest BCUT2D eigenvalue weighted by atomic mass is 16.5. The second-order valence-corrected chi connectivity index (χ2v) is 4.31. The van der Waals surface area contributed by atoms with Gasteiger partial charge >= 0.3 is 5.97 Å². The van der Waals surface area contributed by atoms with Crippen LogP contribution in [0.4, 0.5) is 0 Å². The molecule has 0 spiro atoms. The lowest BCUT2D eigenvalue weighted by Crippen LogP contribution is -2.29. The molecule has 1 aromatic heterocycles. The number of aliphatic carboxylic acids is 1. The average molecular weight is 223 g/mol. The molecule has 1 N–H and O–H groups in total. The standard InChI is InChI=1S/C12H17NO3/c1-12(2,11(14)15)9-16-8-6-10-5-3-4-7-13-10/h3-5,7H,6,8-9H2,1-2H3,(H,14,15). The zero-order chi connectivity index (χ0) is 12.0. The van der Waals surface area contributed by atoms with Crippen LogP contribution in [-0.4, -0.2) is 29.3 Å². The van der Waals surface area contributed by atoms with E-state index >= 15 is 0 Å². The van der Waals surface area contributed by atoms with E-state index in [9.17, 15) is 4.79 Å². The number of ether oxygens (including phenoxy) is 1. The fraction of sp³-hybridized carbons (Fsp3) is 0.500. The molecule has 0 aliphatic heterocycles. The van der Waals surface area contributed by atoms with Gasteiger partial charge in [0.05, 0.1) is 18.6 Å². The number of carboxylic acids is 1. The molecule has 1 rings (SSSR count). The lowest BCUT2D eigenvalue weighted by atomic mass is 9.95. The minimum atomic E-state index is -0.842. The molecule has 4 heteroatoms. The maximum absolute atomic E-state index is 10.8. The molecule has 0 bridgehead atoms. The summed E-state index contributed by atoms with van der Waals surface area (Å²) in [5, 5.41) is 8.87. The second kappa shape index (κ2) is 5.61. The van der Waals surface area contributed by atoms with E-state index in [1.54, 1.807) is 20.0 Å². The minimum Gasteiger partial charge on any atom is -0.481 e. The lowest BCUT2D eigenvalue weighted by Gasteiger charge is -2.18. The van der Waals surface area contributed by atoms with Crippen molar-refractivity contribution in [3.05, 3.63) is 30.1 Å². The molecule has 0 radical (unpaired) electrons. The molecule has 0 aliphatic rings. The van der Waals surface area contributed by atoms with Crippen LogP contribution in [-0.2, 0) is 16.0 Å². The van der Waals surface area contributed by atoms with Gasteiger partial charge in [0.1, 0.15) is 0 Å². The van der Waals surface area contributed by atoms with Crippen molar-refractivity contribution in [3.8, 4) is 0 Å². The van der Waals surface area contributed by atoms with Gasteiger partial charge in [0.2, 0.25) is 0 Å². The molecule has 16 heavy (non-hydrogen) atoms. The van der Waals surface area contributed by atoms with E-state index < -0.39 is 11.4 Å². The Labute approximate surface area is 95.3 Å². The Bertz CT molecular complexity index is 335. The Balaban J connectivity index is 2.25. The van der Waals surface area contributed by atoms with Gasteiger partial charge in [-0.1, -0.05) is 6.07 Å². The molecule has 0 aliphatic carbocycles. The Kier molecular flexibility index (Phi) is 4.43. The summed E-state index contributed by atoms with van der Waals surface area (Å²) in [6.07, 6.45) is 2.44. The fourth-order valence-electron chi connectivity index (χ4n) is 1.11. The summed E-state index contributed by atoms with van der Waals surface area (Å²) < 4.78 is 5.34. The Hall–Kier alpha value is -1.42. The van der Waals surface area contributed by atoms with Crippen LogP contribution in [0.3, 0.4) is 0 Å². The molecule has 0 saturated heterocycles. The maximum Gasteiger partial charge on any atom is 0.311 e. The van der Waals surface area contributed by atoms with Crippen LogP contribution >= 0.6 is 0 Å². The largest absolute Gasteiger partial charge is 0.481 e. The predicted molar refractivity (Wildman–Crippen MR) is 60.2 cm³/mol. The van der Waals surface area contributed by atoms with E-state index in [4.69, 9.17) is 9.84 Å². The summed E-state index contributed by atoms with van der Waals surface area (Å²) in [5.74, 6) is -0.842. The maximum atomic E-state index is 10.8. The number of nitrogens with zero attached hydrogens (tertiary/aromatic N) is 1. The highest BCUT2D eigenvalue weighted by Gasteiger charge is 2.27. The highest BCUT2D eigenvalue weighted by molar-refractivity contribution is 5.73. The van der Waals surface area contributed by atoms with Gasteiger partial charge in [-0.05, 0) is 26.0 Å². The zero-order valence-electron chi connectivity index (χ0n) is 9.64. The van der Waals surface area contributed by atoms with Gasteiger partial charge < -0.3 is 9.84 Å². The molecule has 0 saturated carbocycles. The molecule has 4 nitrogen and oxygen atoms in total. The third kappa shape index (κ3) is 3.98. The first-order valence-electron chi connectivity index (χ1n) is 5.23. The van der Waals surface area contributed by atoms with E-state index in [2.05, 4.69) is 4.98 Å². The first-order valence-corrected chi connectivity index (χ1v) is 5.23. The SMILES string of the molecule is CC(C)(COCCc1ccccn1)C(=O)O. The predicted octanol–water partition coefficient (Wildman–Crippen LogP) is 1.75. The summed E-state index contributed by atoms with van der Waals surface area (Å²) in [5.41, 5.74) is 0.125. The molecular formula is C12H17NO3. The van der Waals surface area contributed by atoms with Gasteiger partial charge in [-0.25, -0.2) is 0 Å². The van der Waals surface area contributed by atoms with E-state index in [0.717, 1.165) is 5.69 Å². The van der Waals surface area contributed by atoms with Crippen molar-refractivity contribution < 1.29 is 14.6 Å². The van der Waals surface area contributed by atoms with Crippen molar-refractivity contribution in [1.82, 2.24) is 4.98 Å². The normalized spacial score (nSPS) is 11.4. The van der Waals surface area contributed by atoms with Gasteiger partial charge in [0.25, 0.3) is 0 Å². The summed E-state index contributed by atoms with van der Waals surface area (Å²) in [4.78, 5) is 14.9. The third-order valence-electron chi connectivity index (χ3n) is 2.27. The summed E-state index contributed by atoms with van der Waals surface area (Å²) in [6.45, 7) is 4.01. The van der Waals surface area contributed by atoms with Crippen molar-refractivity contribution in [1.29, 1.82) is 0 Å². The van der Waals surface area contributed by atoms with Crippen LogP contribution in [0.15, 0.2) is 24.4 Å². The van der Waals surface area contributed by atoms with Crippen molar-refractivity contribution in [2.45, 2.75) is 20.3 Å². The van der Waals surface area contributed by atoms with Gasteiger partial charge in [0.15, 0.2) is 0 Å². The Morgan fingerprint density at radius 2 is 2.25 bits per heavy atom.